The molecule has 0 saturated carbocycles. The molecule has 0 radical (unpaired) electrons. The molecular weight excluding hydrogens is 254 g/mol. The van der Waals surface area contributed by atoms with E-state index in [0.717, 1.165) is 6.54 Å². The minimum absolute atomic E-state index is 0.0868. The predicted octanol–water partition coefficient (Wildman–Crippen LogP) is 3.60. The van der Waals surface area contributed by atoms with Gasteiger partial charge in [-0.2, -0.15) is 11.8 Å². The van der Waals surface area contributed by atoms with E-state index in [0.29, 0.717) is 17.0 Å². The average molecular weight is 283 g/mol. The number of hydrogen-bond donors (Lipinski definition) is 0. The maximum absolute atomic E-state index is 12.9. The molecular formula is C16H29NOS. The SMILES string of the molecule is CC(C)(C)C(=O)C1C2CCCSC2CN1C(C)(C)C. The Hall–Kier alpha value is -0.0200. The fourth-order valence-corrected chi connectivity index (χ4v) is 4.86. The molecule has 0 amide bonds. The molecule has 2 aliphatic heterocycles. The molecule has 110 valence electrons. The van der Waals surface area contributed by atoms with E-state index in [1.165, 1.54) is 18.6 Å². The number of ketones is 1. The maximum atomic E-state index is 12.9. The van der Waals surface area contributed by atoms with Crippen LogP contribution in [0.25, 0.3) is 0 Å². The highest BCUT2D eigenvalue weighted by atomic mass is 32.2. The molecule has 2 nitrogen and oxygen atoms in total. The van der Waals surface area contributed by atoms with Crippen molar-refractivity contribution < 1.29 is 4.79 Å². The molecule has 2 saturated heterocycles. The Kier molecular flexibility index (Phi) is 4.10. The Morgan fingerprint density at radius 1 is 1.16 bits per heavy atom. The van der Waals surface area contributed by atoms with Gasteiger partial charge >= 0.3 is 0 Å². The molecule has 0 N–H and O–H groups in total. The molecule has 2 aliphatic rings. The molecule has 2 heterocycles. The van der Waals surface area contributed by atoms with Gasteiger partial charge in [0.25, 0.3) is 0 Å². The van der Waals surface area contributed by atoms with E-state index in [1.807, 2.05) is 0 Å². The van der Waals surface area contributed by atoms with Crippen molar-refractivity contribution in [1.82, 2.24) is 4.90 Å². The normalized spacial score (nSPS) is 33.3. The van der Waals surface area contributed by atoms with Gasteiger partial charge in [0.2, 0.25) is 0 Å². The summed E-state index contributed by atoms with van der Waals surface area (Å²) >= 11 is 2.09. The topological polar surface area (TPSA) is 20.3 Å². The molecule has 3 atom stereocenters. The van der Waals surface area contributed by atoms with Gasteiger partial charge in [-0.05, 0) is 45.3 Å². The zero-order chi connectivity index (χ0) is 14.4. The number of hydrogen-bond acceptors (Lipinski definition) is 3. The summed E-state index contributed by atoms with van der Waals surface area (Å²) in [7, 11) is 0. The van der Waals surface area contributed by atoms with Crippen LogP contribution in [0.15, 0.2) is 0 Å². The Balaban J connectivity index is 2.31. The van der Waals surface area contributed by atoms with Gasteiger partial charge in [-0.3, -0.25) is 9.69 Å². The van der Waals surface area contributed by atoms with Crippen LogP contribution >= 0.6 is 11.8 Å². The molecule has 0 aromatic rings. The lowest BCUT2D eigenvalue weighted by Gasteiger charge is -2.40. The number of carbonyl (C=O) groups excluding carboxylic acids is 1. The fourth-order valence-electron chi connectivity index (χ4n) is 3.42. The van der Waals surface area contributed by atoms with Gasteiger partial charge < -0.3 is 0 Å². The quantitative estimate of drug-likeness (QED) is 0.733. The first-order valence-corrected chi connectivity index (χ1v) is 8.60. The summed E-state index contributed by atoms with van der Waals surface area (Å²) in [5.41, 5.74) is -0.144. The van der Waals surface area contributed by atoms with E-state index in [4.69, 9.17) is 0 Å². The lowest BCUT2D eigenvalue weighted by atomic mass is 9.79. The van der Waals surface area contributed by atoms with Crippen LogP contribution in [0.5, 0.6) is 0 Å². The lowest BCUT2D eigenvalue weighted by molar-refractivity contribution is -0.134. The number of fused-ring (bicyclic) bond motifs is 1. The fraction of sp³-hybridized carbons (Fsp3) is 0.938. The van der Waals surface area contributed by atoms with Crippen LogP contribution in [0.4, 0.5) is 0 Å². The maximum Gasteiger partial charge on any atom is 0.155 e. The van der Waals surface area contributed by atoms with Crippen LogP contribution in [-0.4, -0.2) is 39.8 Å². The minimum Gasteiger partial charge on any atom is -0.297 e. The third-order valence-corrected chi connectivity index (χ3v) is 5.93. The second-order valence-corrected chi connectivity index (χ2v) is 9.44. The Morgan fingerprint density at radius 3 is 2.32 bits per heavy atom. The van der Waals surface area contributed by atoms with Crippen molar-refractivity contribution in [2.75, 3.05) is 12.3 Å². The second-order valence-electron chi connectivity index (χ2n) is 8.10. The van der Waals surface area contributed by atoms with E-state index in [1.54, 1.807) is 0 Å². The first kappa shape index (κ1) is 15.4. The molecule has 3 unspecified atom stereocenters. The van der Waals surface area contributed by atoms with Crippen molar-refractivity contribution in [2.24, 2.45) is 11.3 Å². The van der Waals surface area contributed by atoms with Crippen molar-refractivity contribution in [3.63, 3.8) is 0 Å². The molecule has 19 heavy (non-hydrogen) atoms. The highest BCUT2D eigenvalue weighted by Gasteiger charge is 2.51. The second kappa shape index (κ2) is 5.07. The summed E-state index contributed by atoms with van der Waals surface area (Å²) in [6.45, 7) is 14.0. The first-order chi connectivity index (χ1) is 8.62. The number of thioether (sulfide) groups is 1. The van der Waals surface area contributed by atoms with Crippen molar-refractivity contribution in [3.05, 3.63) is 0 Å². The van der Waals surface area contributed by atoms with Gasteiger partial charge in [-0.1, -0.05) is 20.8 Å². The molecule has 0 aliphatic carbocycles. The summed E-state index contributed by atoms with van der Waals surface area (Å²) in [6, 6.07) is 0.137. The molecule has 3 heteroatoms. The summed E-state index contributed by atoms with van der Waals surface area (Å²) in [5, 5.41) is 0.671. The van der Waals surface area contributed by atoms with E-state index in [9.17, 15) is 4.79 Å². The monoisotopic (exact) mass is 283 g/mol. The summed E-state index contributed by atoms with van der Waals surface area (Å²) in [6.07, 6.45) is 2.51. The van der Waals surface area contributed by atoms with Crippen LogP contribution in [0, 0.1) is 11.3 Å². The largest absolute Gasteiger partial charge is 0.297 e. The number of Topliss-reactive ketones (excluding diaryl/α,β-unsaturated/α-hetero) is 1. The van der Waals surface area contributed by atoms with Crippen molar-refractivity contribution in [2.45, 2.75) is 71.2 Å². The van der Waals surface area contributed by atoms with Crippen molar-refractivity contribution in [3.8, 4) is 0 Å². The van der Waals surface area contributed by atoms with Gasteiger partial charge in [0.05, 0.1) is 6.04 Å². The number of nitrogens with zero attached hydrogens (tertiary/aromatic N) is 1. The molecule has 2 rings (SSSR count). The van der Waals surface area contributed by atoms with Gasteiger partial charge in [-0.15, -0.1) is 0 Å². The molecule has 0 aromatic heterocycles. The summed E-state index contributed by atoms with van der Waals surface area (Å²) in [4.78, 5) is 15.4. The third kappa shape index (κ3) is 3.02. The molecule has 0 aromatic carbocycles. The van der Waals surface area contributed by atoms with Crippen LogP contribution < -0.4 is 0 Å². The van der Waals surface area contributed by atoms with Gasteiger partial charge in [0.1, 0.15) is 0 Å². The summed E-state index contributed by atoms with van der Waals surface area (Å²) in [5.74, 6) is 2.29. The molecule has 0 bridgehead atoms. The minimum atomic E-state index is -0.231. The van der Waals surface area contributed by atoms with Crippen LogP contribution in [0.3, 0.4) is 0 Å². The van der Waals surface area contributed by atoms with E-state index < -0.39 is 0 Å². The van der Waals surface area contributed by atoms with E-state index in [2.05, 4.69) is 58.2 Å². The van der Waals surface area contributed by atoms with Crippen molar-refractivity contribution in [1.29, 1.82) is 0 Å². The van der Waals surface area contributed by atoms with Crippen LogP contribution in [0.1, 0.15) is 54.4 Å². The van der Waals surface area contributed by atoms with Crippen LogP contribution in [0.2, 0.25) is 0 Å². The average Bonchev–Trinajstić information content (AvgIpc) is 2.65. The lowest BCUT2D eigenvalue weighted by Crippen LogP contribution is -2.52. The highest BCUT2D eigenvalue weighted by Crippen LogP contribution is 2.45. The molecule has 0 spiro atoms. The number of likely N-dealkylation sites (tertiary alicyclic amines) is 1. The van der Waals surface area contributed by atoms with Gasteiger partial charge in [0, 0.05) is 22.7 Å². The van der Waals surface area contributed by atoms with Gasteiger partial charge in [-0.25, -0.2) is 0 Å². The number of rotatable bonds is 1. The number of carbonyl (C=O) groups is 1. The standard InChI is InChI=1S/C16H29NOS/c1-15(2,3)14(18)13-11-8-7-9-19-12(11)10-17(13)16(4,5)6/h11-13H,7-10H2,1-6H3. The molecule has 2 fully saturated rings. The Bertz CT molecular complexity index is 353. The van der Waals surface area contributed by atoms with E-state index >= 15 is 0 Å². The Morgan fingerprint density at radius 2 is 1.79 bits per heavy atom. The highest BCUT2D eigenvalue weighted by molar-refractivity contribution is 8.00. The van der Waals surface area contributed by atoms with Gasteiger partial charge in [0.15, 0.2) is 5.78 Å². The zero-order valence-electron chi connectivity index (χ0n) is 13.3. The van der Waals surface area contributed by atoms with Crippen LogP contribution in [-0.2, 0) is 4.79 Å². The first-order valence-electron chi connectivity index (χ1n) is 7.55. The van der Waals surface area contributed by atoms with Crippen molar-refractivity contribution >= 4 is 17.5 Å². The smallest absolute Gasteiger partial charge is 0.155 e. The van der Waals surface area contributed by atoms with E-state index in [-0.39, 0.29) is 17.0 Å². The third-order valence-electron chi connectivity index (χ3n) is 4.48. The predicted molar refractivity (Wildman–Crippen MR) is 83.7 cm³/mol. The zero-order valence-corrected chi connectivity index (χ0v) is 14.1. The summed E-state index contributed by atoms with van der Waals surface area (Å²) < 4.78 is 0. The Labute approximate surface area is 122 Å².